The fourth-order valence-electron chi connectivity index (χ4n) is 1.79. The third kappa shape index (κ3) is 5.86. The second-order valence-corrected chi connectivity index (χ2v) is 4.75. The van der Waals surface area contributed by atoms with Crippen molar-refractivity contribution in [2.24, 2.45) is 11.8 Å². The number of aliphatic carboxylic acids is 1. The average Bonchev–Trinajstić information content (AvgIpc) is 2.37. The molecular weight excluding hydrogens is 236 g/mol. The Labute approximate surface area is 107 Å². The molecule has 0 bridgehead atoms. The molecule has 2 atom stereocenters. The fraction of sp³-hybridized carbons (Fsp3) is 0.833. The standard InChI is InChI=1S/C12H22N2O4/c1-9(11(15)16)4-5-13-12(17)14-7-10-3-2-6-18-8-10/h9-10H,2-8H2,1H3,(H,15,16)(H2,13,14,17). The Bertz CT molecular complexity index is 277. The zero-order valence-electron chi connectivity index (χ0n) is 10.8. The van der Waals surface area contributed by atoms with Gasteiger partial charge in [-0.15, -0.1) is 0 Å². The highest BCUT2D eigenvalue weighted by molar-refractivity contribution is 5.74. The van der Waals surface area contributed by atoms with E-state index in [-0.39, 0.29) is 6.03 Å². The molecule has 1 aliphatic rings. The number of ether oxygens (including phenoxy) is 1. The van der Waals surface area contributed by atoms with Gasteiger partial charge in [0.05, 0.1) is 12.5 Å². The van der Waals surface area contributed by atoms with E-state index in [1.54, 1.807) is 6.92 Å². The average molecular weight is 258 g/mol. The highest BCUT2D eigenvalue weighted by Crippen LogP contribution is 2.11. The van der Waals surface area contributed by atoms with Gasteiger partial charge in [0, 0.05) is 19.7 Å². The summed E-state index contributed by atoms with van der Waals surface area (Å²) in [6, 6.07) is -0.238. The van der Waals surface area contributed by atoms with Crippen molar-refractivity contribution in [3.63, 3.8) is 0 Å². The number of hydrogen-bond acceptors (Lipinski definition) is 3. The summed E-state index contributed by atoms with van der Waals surface area (Å²) in [5.41, 5.74) is 0. The molecular formula is C12H22N2O4. The van der Waals surface area contributed by atoms with Crippen LogP contribution in [0.2, 0.25) is 0 Å². The van der Waals surface area contributed by atoms with Gasteiger partial charge in [-0.1, -0.05) is 6.92 Å². The number of carbonyl (C=O) groups is 2. The van der Waals surface area contributed by atoms with Gasteiger partial charge in [0.25, 0.3) is 0 Å². The lowest BCUT2D eigenvalue weighted by Gasteiger charge is -2.22. The summed E-state index contributed by atoms with van der Waals surface area (Å²) in [7, 11) is 0. The summed E-state index contributed by atoms with van der Waals surface area (Å²) in [6.07, 6.45) is 2.57. The molecule has 18 heavy (non-hydrogen) atoms. The van der Waals surface area contributed by atoms with E-state index in [1.165, 1.54) is 0 Å². The van der Waals surface area contributed by atoms with Gasteiger partial charge in [-0.2, -0.15) is 0 Å². The molecule has 1 fully saturated rings. The molecule has 0 radical (unpaired) electrons. The summed E-state index contributed by atoms with van der Waals surface area (Å²) in [5.74, 6) is -0.879. The molecule has 2 amide bonds. The van der Waals surface area contributed by atoms with E-state index in [1.807, 2.05) is 0 Å². The highest BCUT2D eigenvalue weighted by atomic mass is 16.5. The van der Waals surface area contributed by atoms with Gasteiger partial charge in [-0.05, 0) is 25.2 Å². The van der Waals surface area contributed by atoms with E-state index in [4.69, 9.17) is 9.84 Å². The Morgan fingerprint density at radius 1 is 1.44 bits per heavy atom. The zero-order valence-corrected chi connectivity index (χ0v) is 10.8. The van der Waals surface area contributed by atoms with Crippen LogP contribution in [0.25, 0.3) is 0 Å². The van der Waals surface area contributed by atoms with Crippen LogP contribution in [0.15, 0.2) is 0 Å². The SMILES string of the molecule is CC(CCNC(=O)NCC1CCCOC1)C(=O)O. The minimum absolute atomic E-state index is 0.238. The molecule has 2 unspecified atom stereocenters. The van der Waals surface area contributed by atoms with Crippen LogP contribution >= 0.6 is 0 Å². The molecule has 1 saturated heterocycles. The highest BCUT2D eigenvalue weighted by Gasteiger charge is 2.15. The van der Waals surface area contributed by atoms with Gasteiger partial charge in [-0.25, -0.2) is 4.79 Å². The third-order valence-electron chi connectivity index (χ3n) is 3.09. The maximum absolute atomic E-state index is 11.4. The first-order valence-corrected chi connectivity index (χ1v) is 6.42. The first-order chi connectivity index (χ1) is 8.59. The van der Waals surface area contributed by atoms with Crippen LogP contribution in [-0.2, 0) is 9.53 Å². The zero-order chi connectivity index (χ0) is 13.4. The summed E-state index contributed by atoms with van der Waals surface area (Å²) >= 11 is 0. The largest absolute Gasteiger partial charge is 0.481 e. The summed E-state index contributed by atoms with van der Waals surface area (Å²) in [4.78, 5) is 22.0. The van der Waals surface area contributed by atoms with Crippen molar-refractivity contribution in [2.45, 2.75) is 26.2 Å². The van der Waals surface area contributed by atoms with Gasteiger partial charge >= 0.3 is 12.0 Å². The number of rotatable bonds is 6. The minimum Gasteiger partial charge on any atom is -0.481 e. The molecule has 6 nitrogen and oxygen atoms in total. The van der Waals surface area contributed by atoms with Crippen LogP contribution in [-0.4, -0.2) is 43.4 Å². The first-order valence-electron chi connectivity index (χ1n) is 6.42. The quantitative estimate of drug-likeness (QED) is 0.658. The van der Waals surface area contributed by atoms with E-state index in [0.29, 0.717) is 32.0 Å². The van der Waals surface area contributed by atoms with E-state index in [2.05, 4.69) is 10.6 Å². The molecule has 0 aromatic heterocycles. The molecule has 0 spiro atoms. The van der Waals surface area contributed by atoms with Crippen LogP contribution in [0.1, 0.15) is 26.2 Å². The molecule has 6 heteroatoms. The second kappa shape index (κ2) is 7.92. The van der Waals surface area contributed by atoms with Crippen molar-refractivity contribution in [3.05, 3.63) is 0 Å². The number of carboxylic acid groups (broad SMARTS) is 1. The predicted octanol–water partition coefficient (Wildman–Crippen LogP) is 0.823. The van der Waals surface area contributed by atoms with Crippen LogP contribution in [0.4, 0.5) is 4.79 Å². The molecule has 3 N–H and O–H groups in total. The van der Waals surface area contributed by atoms with E-state index >= 15 is 0 Å². The number of urea groups is 1. The Hall–Kier alpha value is -1.30. The molecule has 0 saturated carbocycles. The maximum Gasteiger partial charge on any atom is 0.314 e. The maximum atomic E-state index is 11.4. The first kappa shape index (κ1) is 14.8. The lowest BCUT2D eigenvalue weighted by Crippen LogP contribution is -2.40. The Morgan fingerprint density at radius 3 is 2.83 bits per heavy atom. The Balaban J connectivity index is 2.04. The lowest BCUT2D eigenvalue weighted by atomic mass is 10.0. The van der Waals surface area contributed by atoms with Gasteiger partial charge in [-0.3, -0.25) is 4.79 Å². The normalized spacial score (nSPS) is 21.1. The summed E-state index contributed by atoms with van der Waals surface area (Å²) in [5, 5.41) is 14.1. The number of nitrogens with one attached hydrogen (secondary N) is 2. The Kier molecular flexibility index (Phi) is 6.49. The summed E-state index contributed by atoms with van der Waals surface area (Å²) < 4.78 is 5.32. The molecule has 0 aromatic carbocycles. The monoisotopic (exact) mass is 258 g/mol. The fourth-order valence-corrected chi connectivity index (χ4v) is 1.79. The van der Waals surface area contributed by atoms with Gasteiger partial charge in [0.15, 0.2) is 0 Å². The van der Waals surface area contributed by atoms with Crippen molar-refractivity contribution >= 4 is 12.0 Å². The topological polar surface area (TPSA) is 87.7 Å². The molecule has 104 valence electrons. The van der Waals surface area contributed by atoms with Gasteiger partial charge in [0.2, 0.25) is 0 Å². The van der Waals surface area contributed by atoms with Crippen molar-refractivity contribution in [1.82, 2.24) is 10.6 Å². The molecule has 1 aliphatic heterocycles. The second-order valence-electron chi connectivity index (χ2n) is 4.75. The molecule has 0 aromatic rings. The van der Waals surface area contributed by atoms with Gasteiger partial charge in [0.1, 0.15) is 0 Å². The van der Waals surface area contributed by atoms with Crippen LogP contribution in [0.3, 0.4) is 0 Å². The van der Waals surface area contributed by atoms with Crippen molar-refractivity contribution in [2.75, 3.05) is 26.3 Å². The van der Waals surface area contributed by atoms with Gasteiger partial charge < -0.3 is 20.5 Å². The van der Waals surface area contributed by atoms with Crippen LogP contribution in [0.5, 0.6) is 0 Å². The molecule has 1 heterocycles. The Morgan fingerprint density at radius 2 is 2.22 bits per heavy atom. The van der Waals surface area contributed by atoms with Crippen molar-refractivity contribution < 1.29 is 19.4 Å². The number of carboxylic acids is 1. The van der Waals surface area contributed by atoms with E-state index < -0.39 is 11.9 Å². The smallest absolute Gasteiger partial charge is 0.314 e. The number of carbonyl (C=O) groups excluding carboxylic acids is 1. The van der Waals surface area contributed by atoms with Crippen molar-refractivity contribution in [3.8, 4) is 0 Å². The number of hydrogen-bond donors (Lipinski definition) is 3. The van der Waals surface area contributed by atoms with E-state index in [0.717, 1.165) is 19.4 Å². The summed E-state index contributed by atoms with van der Waals surface area (Å²) in [6.45, 7) is 4.13. The van der Waals surface area contributed by atoms with E-state index in [9.17, 15) is 9.59 Å². The van der Waals surface area contributed by atoms with Crippen molar-refractivity contribution in [1.29, 1.82) is 0 Å². The number of amides is 2. The predicted molar refractivity (Wildman–Crippen MR) is 66.4 cm³/mol. The molecule has 0 aliphatic carbocycles. The lowest BCUT2D eigenvalue weighted by molar-refractivity contribution is -0.141. The molecule has 1 rings (SSSR count). The van der Waals surface area contributed by atoms with Crippen LogP contribution in [0, 0.1) is 11.8 Å². The minimum atomic E-state index is -0.837. The third-order valence-corrected chi connectivity index (χ3v) is 3.09. The van der Waals surface area contributed by atoms with Crippen LogP contribution < -0.4 is 10.6 Å².